The monoisotopic (exact) mass is 509 g/mol. The summed E-state index contributed by atoms with van der Waals surface area (Å²) in [6.07, 6.45) is 4.91. The number of aromatic nitrogens is 2. The topological polar surface area (TPSA) is 72.2 Å². The molecule has 0 atom stereocenters. The summed E-state index contributed by atoms with van der Waals surface area (Å²) in [6, 6.07) is 9.88. The standard InChI is InChI=1S/C21H27N5O2.HI/c1-15-6-5-11-26-14-17(25-20(15)26)9-10-23-21(22-2)24-13-16-7-8-18(27-3)12-19(16)28-4;/h5-8,11-12,14H,9-10,13H2,1-4H3,(H2,22,23,24);1H. The molecule has 2 heterocycles. The minimum atomic E-state index is 0. The van der Waals surface area contributed by atoms with E-state index in [-0.39, 0.29) is 24.0 Å². The predicted octanol–water partition coefficient (Wildman–Crippen LogP) is 3.19. The Morgan fingerprint density at radius 3 is 2.69 bits per heavy atom. The third-order valence-electron chi connectivity index (χ3n) is 4.57. The van der Waals surface area contributed by atoms with Crippen molar-refractivity contribution in [1.29, 1.82) is 0 Å². The number of guanidine groups is 1. The summed E-state index contributed by atoms with van der Waals surface area (Å²) in [5, 5.41) is 6.64. The summed E-state index contributed by atoms with van der Waals surface area (Å²) in [7, 11) is 5.06. The van der Waals surface area contributed by atoms with Crippen LogP contribution in [-0.2, 0) is 13.0 Å². The maximum Gasteiger partial charge on any atom is 0.191 e. The average molecular weight is 509 g/mol. The maximum absolute atomic E-state index is 5.44. The molecule has 0 bridgehead atoms. The number of halogens is 1. The molecule has 7 nitrogen and oxygen atoms in total. The Bertz CT molecular complexity index is 971. The van der Waals surface area contributed by atoms with Gasteiger partial charge in [-0.1, -0.05) is 6.07 Å². The molecule has 0 radical (unpaired) electrons. The fourth-order valence-electron chi connectivity index (χ4n) is 3.03. The molecule has 2 N–H and O–H groups in total. The predicted molar refractivity (Wildman–Crippen MR) is 127 cm³/mol. The molecule has 1 aromatic carbocycles. The molecule has 0 aliphatic heterocycles. The highest BCUT2D eigenvalue weighted by Gasteiger charge is 2.07. The lowest BCUT2D eigenvalue weighted by atomic mass is 10.2. The number of benzene rings is 1. The van der Waals surface area contributed by atoms with Crippen LogP contribution in [0.5, 0.6) is 11.5 Å². The number of nitrogens with zero attached hydrogens (tertiary/aromatic N) is 3. The highest BCUT2D eigenvalue weighted by atomic mass is 127. The van der Waals surface area contributed by atoms with Crippen LogP contribution >= 0.6 is 24.0 Å². The molecule has 2 aromatic heterocycles. The molecule has 0 saturated carbocycles. The largest absolute Gasteiger partial charge is 0.497 e. The lowest BCUT2D eigenvalue weighted by Crippen LogP contribution is -2.37. The molecule has 0 unspecified atom stereocenters. The first-order chi connectivity index (χ1) is 13.6. The van der Waals surface area contributed by atoms with E-state index >= 15 is 0 Å². The number of aryl methyl sites for hydroxylation is 1. The molecule has 0 spiro atoms. The fourth-order valence-corrected chi connectivity index (χ4v) is 3.03. The van der Waals surface area contributed by atoms with Crippen molar-refractivity contribution in [1.82, 2.24) is 20.0 Å². The SMILES string of the molecule is CN=C(NCCc1cn2cccc(C)c2n1)NCc1ccc(OC)cc1OC.I. The van der Waals surface area contributed by atoms with Crippen LogP contribution in [0.25, 0.3) is 5.65 Å². The van der Waals surface area contributed by atoms with Gasteiger partial charge in [0.2, 0.25) is 0 Å². The molecule has 29 heavy (non-hydrogen) atoms. The Morgan fingerprint density at radius 1 is 1.17 bits per heavy atom. The third-order valence-corrected chi connectivity index (χ3v) is 4.57. The first-order valence-corrected chi connectivity index (χ1v) is 9.23. The zero-order chi connectivity index (χ0) is 19.9. The molecule has 0 fully saturated rings. The highest BCUT2D eigenvalue weighted by molar-refractivity contribution is 14.0. The molecule has 0 aliphatic rings. The van der Waals surface area contributed by atoms with Crippen molar-refractivity contribution in [2.24, 2.45) is 4.99 Å². The summed E-state index contributed by atoms with van der Waals surface area (Å²) in [5.74, 6) is 2.28. The van der Waals surface area contributed by atoms with Gasteiger partial charge in [-0.05, 0) is 30.7 Å². The summed E-state index contributed by atoms with van der Waals surface area (Å²) >= 11 is 0. The van der Waals surface area contributed by atoms with E-state index < -0.39 is 0 Å². The molecular weight excluding hydrogens is 481 g/mol. The Labute approximate surface area is 188 Å². The minimum absolute atomic E-state index is 0. The van der Waals surface area contributed by atoms with Crippen LogP contribution in [0, 0.1) is 6.92 Å². The zero-order valence-electron chi connectivity index (χ0n) is 17.2. The molecule has 3 aromatic rings. The number of aliphatic imine (C=N–C) groups is 1. The van der Waals surface area contributed by atoms with Gasteiger partial charge in [0.05, 0.1) is 19.9 Å². The van der Waals surface area contributed by atoms with Crippen LogP contribution < -0.4 is 20.1 Å². The van der Waals surface area contributed by atoms with Crippen molar-refractivity contribution < 1.29 is 9.47 Å². The smallest absolute Gasteiger partial charge is 0.191 e. The zero-order valence-corrected chi connectivity index (χ0v) is 19.6. The van der Waals surface area contributed by atoms with Crippen LogP contribution in [0.15, 0.2) is 47.7 Å². The number of rotatable bonds is 7. The normalized spacial score (nSPS) is 11.1. The van der Waals surface area contributed by atoms with Crippen LogP contribution in [0.1, 0.15) is 16.8 Å². The fraction of sp³-hybridized carbons (Fsp3) is 0.333. The van der Waals surface area contributed by atoms with E-state index in [0.717, 1.165) is 47.3 Å². The summed E-state index contributed by atoms with van der Waals surface area (Å²) in [6.45, 7) is 3.41. The quantitative estimate of drug-likeness (QED) is 0.291. The van der Waals surface area contributed by atoms with Crippen molar-refractivity contribution in [3.63, 3.8) is 0 Å². The number of ether oxygens (including phenoxy) is 2. The second-order valence-electron chi connectivity index (χ2n) is 6.43. The van der Waals surface area contributed by atoms with Crippen LogP contribution in [-0.4, -0.2) is 43.2 Å². The van der Waals surface area contributed by atoms with E-state index in [2.05, 4.69) is 39.2 Å². The molecule has 0 saturated heterocycles. The van der Waals surface area contributed by atoms with E-state index in [0.29, 0.717) is 6.54 Å². The van der Waals surface area contributed by atoms with Crippen LogP contribution in [0.4, 0.5) is 0 Å². The maximum atomic E-state index is 5.44. The van der Waals surface area contributed by atoms with Crippen LogP contribution in [0.3, 0.4) is 0 Å². The van der Waals surface area contributed by atoms with Crippen molar-refractivity contribution >= 4 is 35.6 Å². The van der Waals surface area contributed by atoms with Crippen molar-refractivity contribution in [2.75, 3.05) is 27.8 Å². The first kappa shape index (κ1) is 22.8. The van der Waals surface area contributed by atoms with Crippen molar-refractivity contribution in [2.45, 2.75) is 19.9 Å². The Balaban J connectivity index is 0.00000300. The molecule has 8 heteroatoms. The lowest BCUT2D eigenvalue weighted by molar-refractivity contribution is 0.390. The summed E-state index contributed by atoms with van der Waals surface area (Å²) in [5.41, 5.74) is 4.26. The number of fused-ring (bicyclic) bond motifs is 1. The van der Waals surface area contributed by atoms with Gasteiger partial charge >= 0.3 is 0 Å². The number of imidazole rings is 1. The highest BCUT2D eigenvalue weighted by Crippen LogP contribution is 2.24. The van der Waals surface area contributed by atoms with Gasteiger partial charge in [0.25, 0.3) is 0 Å². The average Bonchev–Trinajstić information content (AvgIpc) is 3.14. The van der Waals surface area contributed by atoms with Gasteiger partial charge in [-0.3, -0.25) is 4.99 Å². The minimum Gasteiger partial charge on any atom is -0.497 e. The number of hydrogen-bond acceptors (Lipinski definition) is 4. The molecule has 156 valence electrons. The third kappa shape index (κ3) is 5.75. The Hall–Kier alpha value is -2.49. The van der Waals surface area contributed by atoms with Gasteiger partial charge in [-0.25, -0.2) is 4.98 Å². The molecule has 3 rings (SSSR count). The molecular formula is C21H28IN5O2. The van der Waals surface area contributed by atoms with E-state index in [1.165, 1.54) is 5.56 Å². The van der Waals surface area contributed by atoms with E-state index in [9.17, 15) is 0 Å². The lowest BCUT2D eigenvalue weighted by Gasteiger charge is -2.14. The number of nitrogens with one attached hydrogen (secondary N) is 2. The van der Waals surface area contributed by atoms with Gasteiger partial charge in [0, 0.05) is 50.6 Å². The second kappa shape index (κ2) is 10.9. The summed E-state index contributed by atoms with van der Waals surface area (Å²) < 4.78 is 12.7. The first-order valence-electron chi connectivity index (χ1n) is 9.23. The van der Waals surface area contributed by atoms with Crippen LogP contribution in [0.2, 0.25) is 0 Å². The molecule has 0 aliphatic carbocycles. The Morgan fingerprint density at radius 2 is 2.00 bits per heavy atom. The van der Waals surface area contributed by atoms with Gasteiger partial charge < -0.3 is 24.5 Å². The number of hydrogen-bond donors (Lipinski definition) is 2. The van der Waals surface area contributed by atoms with E-state index in [1.807, 2.05) is 30.5 Å². The number of pyridine rings is 1. The van der Waals surface area contributed by atoms with Crippen molar-refractivity contribution in [3.8, 4) is 11.5 Å². The second-order valence-corrected chi connectivity index (χ2v) is 6.43. The van der Waals surface area contributed by atoms with Gasteiger partial charge in [-0.2, -0.15) is 0 Å². The molecule has 0 amide bonds. The van der Waals surface area contributed by atoms with Crippen molar-refractivity contribution in [3.05, 3.63) is 59.5 Å². The summed E-state index contributed by atoms with van der Waals surface area (Å²) in [4.78, 5) is 8.99. The van der Waals surface area contributed by atoms with E-state index in [1.54, 1.807) is 21.3 Å². The van der Waals surface area contributed by atoms with Gasteiger partial charge in [-0.15, -0.1) is 24.0 Å². The van der Waals surface area contributed by atoms with Gasteiger partial charge in [0.15, 0.2) is 5.96 Å². The number of methoxy groups -OCH3 is 2. The van der Waals surface area contributed by atoms with Gasteiger partial charge in [0.1, 0.15) is 17.1 Å². The Kier molecular flexibility index (Phi) is 8.56. The van der Waals surface area contributed by atoms with E-state index in [4.69, 9.17) is 14.5 Å².